The van der Waals surface area contributed by atoms with Gasteiger partial charge in [-0.3, -0.25) is 0 Å². The Labute approximate surface area is 168 Å². The Morgan fingerprint density at radius 2 is 1.79 bits per heavy atom. The number of benzene rings is 3. The summed E-state index contributed by atoms with van der Waals surface area (Å²) in [5.74, 6) is 1.58. The highest BCUT2D eigenvalue weighted by Crippen LogP contribution is 2.30. The molecular formula is C24H22NO4+. The molecule has 1 N–H and O–H groups in total. The normalized spacial score (nSPS) is 16.8. The molecular weight excluding hydrogens is 366 g/mol. The van der Waals surface area contributed by atoms with Gasteiger partial charge in [0.15, 0.2) is 17.6 Å². The van der Waals surface area contributed by atoms with E-state index < -0.39 is 0 Å². The van der Waals surface area contributed by atoms with E-state index in [9.17, 15) is 4.79 Å². The molecule has 3 aromatic carbocycles. The molecule has 1 aliphatic heterocycles. The first-order valence-electron chi connectivity index (χ1n) is 9.81. The molecule has 5 heteroatoms. The van der Waals surface area contributed by atoms with Gasteiger partial charge in [0, 0.05) is 17.0 Å². The van der Waals surface area contributed by atoms with E-state index in [1.807, 2.05) is 48.5 Å². The van der Waals surface area contributed by atoms with Crippen LogP contribution in [0.4, 0.5) is 0 Å². The smallest absolute Gasteiger partial charge is 0.336 e. The number of likely N-dealkylation sites (N-methyl/N-ethyl adjacent to an activating group) is 1. The first-order chi connectivity index (χ1) is 14.2. The monoisotopic (exact) mass is 388 g/mol. The fourth-order valence-electron chi connectivity index (χ4n) is 4.11. The van der Waals surface area contributed by atoms with Crippen LogP contribution in [0.1, 0.15) is 5.56 Å². The zero-order chi connectivity index (χ0) is 19.8. The van der Waals surface area contributed by atoms with Crippen molar-refractivity contribution in [2.75, 3.05) is 20.2 Å². The molecule has 0 radical (unpaired) electrons. The maximum absolute atomic E-state index is 12.1. The van der Waals surface area contributed by atoms with Gasteiger partial charge in [0.25, 0.3) is 0 Å². The van der Waals surface area contributed by atoms with E-state index in [1.165, 1.54) is 4.90 Å². The number of hydrogen-bond acceptors (Lipinski definition) is 4. The number of fused-ring (bicyclic) bond motifs is 4. The van der Waals surface area contributed by atoms with Gasteiger partial charge in [-0.2, -0.15) is 0 Å². The molecule has 0 saturated carbocycles. The number of para-hydroxylation sites is 2. The molecule has 0 bridgehead atoms. The lowest BCUT2D eigenvalue weighted by molar-refractivity contribution is -0.896. The third kappa shape index (κ3) is 3.45. The lowest BCUT2D eigenvalue weighted by Gasteiger charge is -2.28. The first kappa shape index (κ1) is 17.8. The standard InChI is InChI=1S/C24H21NO4/c1-25(14-18-15-27-20-8-4-5-9-21(20)28-18)13-17-12-23(26)29-22-11-10-16-6-2-3-7-19(16)24(17)22/h2-12,18H,13-15H2,1H3/p+1/t18-/m0/s1. The van der Waals surface area contributed by atoms with Crippen LogP contribution >= 0.6 is 0 Å². The van der Waals surface area contributed by atoms with Crippen molar-refractivity contribution >= 4 is 21.7 Å². The third-order valence-corrected chi connectivity index (χ3v) is 5.35. The van der Waals surface area contributed by atoms with Crippen LogP contribution in [0, 0.1) is 0 Å². The van der Waals surface area contributed by atoms with Crippen molar-refractivity contribution in [1.82, 2.24) is 0 Å². The molecule has 0 fully saturated rings. The average molecular weight is 388 g/mol. The van der Waals surface area contributed by atoms with Crippen molar-refractivity contribution < 1.29 is 18.8 Å². The lowest BCUT2D eigenvalue weighted by Crippen LogP contribution is -3.09. The molecule has 5 nitrogen and oxygen atoms in total. The molecule has 2 atom stereocenters. The maximum atomic E-state index is 12.1. The van der Waals surface area contributed by atoms with Crippen molar-refractivity contribution in [2.45, 2.75) is 12.6 Å². The van der Waals surface area contributed by atoms with Crippen LogP contribution in [0.3, 0.4) is 0 Å². The maximum Gasteiger partial charge on any atom is 0.336 e. The highest BCUT2D eigenvalue weighted by atomic mass is 16.6. The van der Waals surface area contributed by atoms with E-state index in [-0.39, 0.29) is 11.7 Å². The molecule has 0 spiro atoms. The Bertz CT molecular complexity index is 1250. The van der Waals surface area contributed by atoms with Crippen molar-refractivity contribution in [3.63, 3.8) is 0 Å². The zero-order valence-corrected chi connectivity index (χ0v) is 16.2. The number of nitrogens with one attached hydrogen (secondary N) is 1. The summed E-state index contributed by atoms with van der Waals surface area (Å²) in [6, 6.07) is 21.4. The summed E-state index contributed by atoms with van der Waals surface area (Å²) in [5, 5.41) is 3.24. The number of hydrogen-bond donors (Lipinski definition) is 1. The Balaban J connectivity index is 1.43. The molecule has 0 amide bonds. The van der Waals surface area contributed by atoms with Gasteiger partial charge in [-0.15, -0.1) is 0 Å². The molecule has 1 aliphatic rings. The van der Waals surface area contributed by atoms with E-state index in [4.69, 9.17) is 13.9 Å². The molecule has 5 rings (SSSR count). The molecule has 2 heterocycles. The Morgan fingerprint density at radius 3 is 2.69 bits per heavy atom. The van der Waals surface area contributed by atoms with E-state index in [1.54, 1.807) is 6.07 Å². The minimum atomic E-state index is -0.318. The molecule has 1 aromatic heterocycles. The van der Waals surface area contributed by atoms with Gasteiger partial charge in [-0.25, -0.2) is 4.79 Å². The predicted molar refractivity (Wildman–Crippen MR) is 112 cm³/mol. The van der Waals surface area contributed by atoms with Crippen molar-refractivity contribution in [3.8, 4) is 11.5 Å². The second-order valence-electron chi connectivity index (χ2n) is 7.59. The predicted octanol–water partition coefficient (Wildman–Crippen LogP) is 2.80. The largest absolute Gasteiger partial charge is 0.486 e. The van der Waals surface area contributed by atoms with Crippen LogP contribution < -0.4 is 20.0 Å². The van der Waals surface area contributed by atoms with E-state index in [2.05, 4.69) is 19.2 Å². The molecule has 4 aromatic rings. The summed E-state index contributed by atoms with van der Waals surface area (Å²) in [4.78, 5) is 13.4. The Kier molecular flexibility index (Phi) is 4.45. The third-order valence-electron chi connectivity index (χ3n) is 5.35. The van der Waals surface area contributed by atoms with Gasteiger partial charge < -0.3 is 18.8 Å². The van der Waals surface area contributed by atoms with Crippen molar-refractivity contribution in [3.05, 3.63) is 82.7 Å². The summed E-state index contributed by atoms with van der Waals surface area (Å²) in [6.45, 7) is 1.98. The van der Waals surface area contributed by atoms with Crippen LogP contribution in [0.2, 0.25) is 0 Å². The van der Waals surface area contributed by atoms with Crippen LogP contribution in [-0.4, -0.2) is 26.3 Å². The fraction of sp³-hybridized carbons (Fsp3) is 0.208. The van der Waals surface area contributed by atoms with E-state index >= 15 is 0 Å². The second-order valence-corrected chi connectivity index (χ2v) is 7.59. The van der Waals surface area contributed by atoms with E-state index in [0.717, 1.165) is 39.8 Å². The van der Waals surface area contributed by atoms with Crippen LogP contribution in [0.5, 0.6) is 11.5 Å². The zero-order valence-electron chi connectivity index (χ0n) is 16.2. The highest BCUT2D eigenvalue weighted by molar-refractivity contribution is 6.06. The average Bonchev–Trinajstić information content (AvgIpc) is 2.73. The van der Waals surface area contributed by atoms with Gasteiger partial charge in [0.2, 0.25) is 0 Å². The summed E-state index contributed by atoms with van der Waals surface area (Å²) >= 11 is 0. The van der Waals surface area contributed by atoms with E-state index in [0.29, 0.717) is 18.7 Å². The fourth-order valence-corrected chi connectivity index (χ4v) is 4.11. The SMILES string of the molecule is C[NH+](Cc1cc(=O)oc2ccc3ccccc3c12)C[C@H]1COc2ccccc2O1. The second kappa shape index (κ2) is 7.26. The van der Waals surface area contributed by atoms with Gasteiger partial charge >= 0.3 is 5.63 Å². The van der Waals surface area contributed by atoms with Crippen LogP contribution in [-0.2, 0) is 6.54 Å². The summed E-state index contributed by atoms with van der Waals surface area (Å²) < 4.78 is 17.4. The minimum absolute atomic E-state index is 0.0342. The molecule has 1 unspecified atom stereocenters. The number of quaternary nitrogens is 1. The van der Waals surface area contributed by atoms with Gasteiger partial charge in [-0.1, -0.05) is 42.5 Å². The minimum Gasteiger partial charge on any atom is -0.486 e. The summed E-state index contributed by atoms with van der Waals surface area (Å²) in [5.41, 5.74) is 1.30. The Hall–Kier alpha value is -3.31. The first-order valence-corrected chi connectivity index (χ1v) is 9.81. The molecule has 146 valence electrons. The quantitative estimate of drug-likeness (QED) is 0.432. The van der Waals surface area contributed by atoms with Crippen LogP contribution in [0.15, 0.2) is 75.9 Å². The van der Waals surface area contributed by atoms with Gasteiger partial charge in [0.05, 0.1) is 7.05 Å². The number of ether oxygens (including phenoxy) is 2. The summed E-state index contributed by atoms with van der Waals surface area (Å²) in [6.07, 6.45) is -0.0342. The molecule has 0 saturated heterocycles. The number of rotatable bonds is 4. The molecule has 29 heavy (non-hydrogen) atoms. The summed E-state index contributed by atoms with van der Waals surface area (Å²) in [7, 11) is 2.11. The highest BCUT2D eigenvalue weighted by Gasteiger charge is 2.24. The van der Waals surface area contributed by atoms with Gasteiger partial charge in [0.1, 0.15) is 25.3 Å². The van der Waals surface area contributed by atoms with Crippen molar-refractivity contribution in [1.29, 1.82) is 0 Å². The van der Waals surface area contributed by atoms with Crippen LogP contribution in [0.25, 0.3) is 21.7 Å². The Morgan fingerprint density at radius 1 is 1.00 bits per heavy atom. The van der Waals surface area contributed by atoms with Gasteiger partial charge in [-0.05, 0) is 29.0 Å². The van der Waals surface area contributed by atoms with Crippen molar-refractivity contribution in [2.24, 2.45) is 0 Å². The lowest BCUT2D eigenvalue weighted by atomic mass is 10.0. The molecule has 0 aliphatic carbocycles. The topological polar surface area (TPSA) is 53.1 Å².